The predicted molar refractivity (Wildman–Crippen MR) is 374 cm³/mol. The summed E-state index contributed by atoms with van der Waals surface area (Å²) in [5, 5.41) is 55.2. The number of guanidine groups is 2. The zero-order valence-corrected chi connectivity index (χ0v) is 57.2. The predicted octanol–water partition coefficient (Wildman–Crippen LogP) is -3.64. The summed E-state index contributed by atoms with van der Waals surface area (Å²) in [6.45, 7) is 2.60. The first-order chi connectivity index (χ1) is 48.4. The molecule has 33 nitrogen and oxygen atoms in total. The van der Waals surface area contributed by atoms with E-state index in [1.807, 2.05) is 0 Å². The van der Waals surface area contributed by atoms with Crippen molar-refractivity contribution in [2.24, 2.45) is 17.2 Å². The third-order valence-corrected chi connectivity index (χ3v) is 16.7. The van der Waals surface area contributed by atoms with Crippen molar-refractivity contribution >= 4 is 88.7 Å². The van der Waals surface area contributed by atoms with E-state index in [2.05, 4.69) is 79.8 Å². The monoisotopic (exact) mass is 1400 g/mol. The van der Waals surface area contributed by atoms with Gasteiger partial charge in [0.1, 0.15) is 54.4 Å². The average molecular weight is 1410 g/mol. The minimum Gasteiger partial charge on any atom is -0.370 e. The second kappa shape index (κ2) is 43.6. The number of rotatable bonds is 32. The van der Waals surface area contributed by atoms with Crippen molar-refractivity contribution in [2.45, 2.75) is 183 Å². The van der Waals surface area contributed by atoms with Crippen molar-refractivity contribution < 1.29 is 62.3 Å². The molecule has 5 rings (SSSR count). The molecule has 550 valence electrons. The first-order valence-corrected chi connectivity index (χ1v) is 34.3. The lowest BCUT2D eigenvalue weighted by atomic mass is 10.0. The number of nitrogens with two attached hydrogens (primary N) is 3. The molecule has 33 heteroatoms. The van der Waals surface area contributed by atoms with Crippen LogP contribution in [0, 0.1) is 10.8 Å². The smallest absolute Gasteiger partial charge is 0.243 e. The van der Waals surface area contributed by atoms with Gasteiger partial charge in [-0.3, -0.25) is 73.1 Å². The van der Waals surface area contributed by atoms with E-state index in [-0.39, 0.29) is 147 Å². The quantitative estimate of drug-likeness (QED) is 0.0163. The zero-order valence-electron chi connectivity index (χ0n) is 57.2. The highest BCUT2D eigenvalue weighted by Crippen LogP contribution is 2.13. The lowest BCUT2D eigenvalue weighted by Crippen LogP contribution is -2.58. The van der Waals surface area contributed by atoms with Crippen molar-refractivity contribution in [3.63, 3.8) is 0 Å². The summed E-state index contributed by atoms with van der Waals surface area (Å²) in [7, 11) is 0. The molecule has 0 aromatic heterocycles. The second-order valence-electron chi connectivity index (χ2n) is 24.7. The van der Waals surface area contributed by atoms with E-state index in [0.717, 1.165) is 5.56 Å². The first-order valence-electron chi connectivity index (χ1n) is 34.3. The minimum atomic E-state index is -1.31. The van der Waals surface area contributed by atoms with E-state index >= 15 is 0 Å². The maximum absolute atomic E-state index is 14.3. The Bertz CT molecular complexity index is 3300. The van der Waals surface area contributed by atoms with Crippen molar-refractivity contribution in [3.05, 3.63) is 108 Å². The average Bonchev–Trinajstić information content (AvgIpc) is 1.83. The van der Waals surface area contributed by atoms with Gasteiger partial charge in [0.2, 0.25) is 76.8 Å². The molecule has 10 atom stereocenters. The van der Waals surface area contributed by atoms with E-state index in [1.165, 1.54) is 0 Å². The SMILES string of the molecule is CC[C@@H]1NC(=O)CNC(=O)[C@H](CCCNC(=N)N)NC(=O)[C@H](CCCCNC(=O)CCC(NC(=O)C(N)Cc2ccccc2)C(=O)NCCCC[C@@H]2NC(=O)[C@@H](Cc3ccccc3)NC(=O)[C@H](CC)NC(=O)CNC(=O)[C@H](CCCNC(=N)N)NC2=O)NC(=O)[C@@H](Cc2ccccc2)NC1=O. The minimum absolute atomic E-state index is 0.00189. The lowest BCUT2D eigenvalue weighted by Gasteiger charge is -2.26. The van der Waals surface area contributed by atoms with Gasteiger partial charge >= 0.3 is 0 Å². The molecular weight excluding hydrogens is 1300 g/mol. The van der Waals surface area contributed by atoms with Crippen LogP contribution in [0.25, 0.3) is 0 Å². The maximum Gasteiger partial charge on any atom is 0.243 e. The number of benzene rings is 3. The Hall–Kier alpha value is -10.7. The Labute approximate surface area is 587 Å². The largest absolute Gasteiger partial charge is 0.370 e. The number of carbonyl (C=O) groups is 13. The van der Waals surface area contributed by atoms with Gasteiger partial charge in [-0.25, -0.2) is 0 Å². The second-order valence-corrected chi connectivity index (χ2v) is 24.7. The summed E-state index contributed by atoms with van der Waals surface area (Å²) in [5.41, 5.74) is 19.4. The van der Waals surface area contributed by atoms with E-state index in [1.54, 1.807) is 105 Å². The van der Waals surface area contributed by atoms with E-state index in [0.29, 0.717) is 11.1 Å². The molecule has 2 saturated heterocycles. The molecule has 0 saturated carbocycles. The van der Waals surface area contributed by atoms with Gasteiger partial charge in [-0.15, -0.1) is 0 Å². The van der Waals surface area contributed by atoms with E-state index in [9.17, 15) is 62.3 Å². The molecule has 2 fully saturated rings. The third-order valence-electron chi connectivity index (χ3n) is 16.7. The van der Waals surface area contributed by atoms with Crippen molar-refractivity contribution in [1.29, 1.82) is 10.8 Å². The van der Waals surface area contributed by atoms with E-state index in [4.69, 9.17) is 28.0 Å². The third kappa shape index (κ3) is 30.1. The lowest BCUT2D eigenvalue weighted by molar-refractivity contribution is -0.134. The molecule has 0 radical (unpaired) electrons. The number of amides is 13. The van der Waals surface area contributed by atoms with Gasteiger partial charge in [0, 0.05) is 45.4 Å². The van der Waals surface area contributed by atoms with Crippen LogP contribution in [-0.2, 0) is 81.6 Å². The van der Waals surface area contributed by atoms with Crippen LogP contribution in [0.5, 0.6) is 0 Å². The van der Waals surface area contributed by atoms with Gasteiger partial charge in [-0.1, -0.05) is 105 Å². The van der Waals surface area contributed by atoms with Crippen LogP contribution in [0.4, 0.5) is 0 Å². The molecule has 3 aromatic rings. The Kier molecular flexibility index (Phi) is 35.0. The van der Waals surface area contributed by atoms with Gasteiger partial charge in [-0.2, -0.15) is 0 Å². The number of nitrogens with one attached hydrogen (secondary N) is 17. The van der Waals surface area contributed by atoms with Crippen LogP contribution in [0.15, 0.2) is 91.0 Å². The van der Waals surface area contributed by atoms with Gasteiger partial charge in [0.25, 0.3) is 0 Å². The van der Waals surface area contributed by atoms with Crippen LogP contribution in [-0.4, -0.2) is 188 Å². The fourth-order valence-electron chi connectivity index (χ4n) is 11.0. The van der Waals surface area contributed by atoms with Gasteiger partial charge in [0.05, 0.1) is 19.1 Å². The Morgan fingerprint density at radius 2 is 0.772 bits per heavy atom. The number of hydrogen-bond donors (Lipinski definition) is 20. The maximum atomic E-state index is 14.3. The zero-order chi connectivity index (χ0) is 73.6. The summed E-state index contributed by atoms with van der Waals surface area (Å²) in [4.78, 5) is 179. The summed E-state index contributed by atoms with van der Waals surface area (Å²) in [6, 6.07) is 14.5. The van der Waals surface area contributed by atoms with E-state index < -0.39 is 150 Å². The summed E-state index contributed by atoms with van der Waals surface area (Å²) in [6.07, 6.45) is 1.23. The highest BCUT2D eigenvalue weighted by atomic mass is 16.2. The first kappa shape index (κ1) is 80.9. The van der Waals surface area contributed by atoms with Gasteiger partial charge in [0.15, 0.2) is 11.9 Å². The molecule has 2 heterocycles. The Balaban J connectivity index is 1.28. The highest BCUT2D eigenvalue weighted by molar-refractivity contribution is 5.99. The van der Waals surface area contributed by atoms with Crippen LogP contribution in [0.2, 0.25) is 0 Å². The Morgan fingerprint density at radius 1 is 0.426 bits per heavy atom. The topological polar surface area (TPSA) is 528 Å². The summed E-state index contributed by atoms with van der Waals surface area (Å²) < 4.78 is 0. The molecule has 13 amide bonds. The molecule has 0 spiro atoms. The molecular formula is C68H100N20O13. The van der Waals surface area contributed by atoms with Gasteiger partial charge < -0.3 is 97.0 Å². The normalized spacial score (nSPS) is 21.2. The van der Waals surface area contributed by atoms with Crippen LogP contribution >= 0.6 is 0 Å². The fourth-order valence-corrected chi connectivity index (χ4v) is 11.0. The highest BCUT2D eigenvalue weighted by Gasteiger charge is 2.35. The van der Waals surface area contributed by atoms with Crippen LogP contribution in [0.3, 0.4) is 0 Å². The number of hydrogen-bond acceptors (Lipinski definition) is 16. The van der Waals surface area contributed by atoms with Crippen LogP contribution < -0.4 is 97.0 Å². The summed E-state index contributed by atoms with van der Waals surface area (Å²) in [5.74, 6) is -9.67. The molecule has 2 aliphatic heterocycles. The van der Waals surface area contributed by atoms with Crippen molar-refractivity contribution in [1.82, 2.24) is 79.8 Å². The van der Waals surface area contributed by atoms with Crippen LogP contribution in [0.1, 0.15) is 120 Å². The molecule has 2 aliphatic rings. The number of carbonyl (C=O) groups excluding carboxylic acids is 13. The van der Waals surface area contributed by atoms with Crippen molar-refractivity contribution in [3.8, 4) is 0 Å². The molecule has 3 aromatic carbocycles. The fraction of sp³-hybridized carbons (Fsp3) is 0.515. The molecule has 23 N–H and O–H groups in total. The Morgan fingerprint density at radius 3 is 1.18 bits per heavy atom. The standard InChI is InChI=1S/C68H100N20O13/c1-3-45-61(96)87-52(37-42-22-10-6-11-23-42)65(100)85-49(63(98)83-47(28-18-34-76-67(70)71)59(94)78-39-55(90)80-45)26-14-16-32-74-54(89)31-30-51(82-57(92)44(69)36-41-20-8-5-9-21-41)58(93)75-33-17-15-27-50-64(99)84-48(29-19-35-77-68(72)73)60(95)79-40-56(91)81-46(4-2)62(97)88-53(66(101)86-50)38-43-24-12-7-13-25-43/h5-13,20-25,44-53H,3-4,14-19,26-40,69H2,1-2H3,(H,74,89)(H,75,93)(H,78,94)(H,79,95)(H,80,90)(H,81,91)(H,82,92)(H,83,98)(H,84,99)(H,85,100)(H,86,101)(H,87,96)(H,88,97)(H4,70,71,76)(H4,72,73,77)/t44?,45-,46-,47-,48-,49-,50-,51?,52+,53+/m0/s1. The van der Waals surface area contributed by atoms with Gasteiger partial charge in [-0.05, 0) is 107 Å². The molecule has 101 heavy (non-hydrogen) atoms. The molecule has 0 aliphatic carbocycles. The molecule has 2 unspecified atom stereocenters. The summed E-state index contributed by atoms with van der Waals surface area (Å²) >= 11 is 0. The number of unbranched alkanes of at least 4 members (excludes halogenated alkanes) is 2. The molecule has 0 bridgehead atoms. The van der Waals surface area contributed by atoms with Crippen molar-refractivity contribution in [2.75, 3.05) is 39.3 Å².